The van der Waals surface area contributed by atoms with E-state index >= 15 is 0 Å². The second-order valence-electron chi connectivity index (χ2n) is 6.79. The number of rotatable bonds is 8. The van der Waals surface area contributed by atoms with Crippen LogP contribution in [-0.4, -0.2) is 26.7 Å². The van der Waals surface area contributed by atoms with Gasteiger partial charge in [-0.25, -0.2) is 0 Å². The Morgan fingerprint density at radius 3 is 2.31 bits per heavy atom. The average Bonchev–Trinajstić information content (AvgIpc) is 2.70. The van der Waals surface area contributed by atoms with E-state index in [1.807, 2.05) is 57.2 Å². The van der Waals surface area contributed by atoms with E-state index in [1.165, 1.54) is 6.20 Å². The third kappa shape index (κ3) is 5.76. The second-order valence-corrected chi connectivity index (χ2v) is 6.79. The molecule has 0 fully saturated rings. The van der Waals surface area contributed by atoms with Crippen LogP contribution in [0.4, 0.5) is 5.69 Å². The molecular weight excluding hydrogens is 366 g/mol. The molecule has 1 amide bonds. The molecule has 0 aliphatic heterocycles. The lowest BCUT2D eigenvalue weighted by molar-refractivity contribution is -0.112. The molecule has 0 saturated heterocycles. The Morgan fingerprint density at radius 2 is 1.72 bits per heavy atom. The van der Waals surface area contributed by atoms with Crippen molar-refractivity contribution in [2.24, 2.45) is 0 Å². The summed E-state index contributed by atoms with van der Waals surface area (Å²) in [6, 6.07) is 11.7. The van der Waals surface area contributed by atoms with Gasteiger partial charge in [-0.3, -0.25) is 4.79 Å². The number of benzene rings is 2. The van der Waals surface area contributed by atoms with E-state index in [0.717, 1.165) is 27.9 Å². The van der Waals surface area contributed by atoms with Gasteiger partial charge in [0, 0.05) is 18.4 Å². The molecule has 2 rings (SSSR count). The molecule has 6 nitrogen and oxygen atoms in total. The summed E-state index contributed by atoms with van der Waals surface area (Å²) in [4.78, 5) is 12.5. The number of ether oxygens (including phenoxy) is 2. The van der Waals surface area contributed by atoms with Crippen molar-refractivity contribution in [2.45, 2.75) is 27.2 Å². The van der Waals surface area contributed by atoms with Gasteiger partial charge >= 0.3 is 0 Å². The van der Waals surface area contributed by atoms with E-state index in [0.29, 0.717) is 24.5 Å². The zero-order valence-corrected chi connectivity index (χ0v) is 17.6. The van der Waals surface area contributed by atoms with E-state index in [1.54, 1.807) is 14.2 Å². The van der Waals surface area contributed by atoms with Crippen LogP contribution in [0.2, 0.25) is 0 Å². The van der Waals surface area contributed by atoms with Crippen molar-refractivity contribution in [3.05, 3.63) is 64.4 Å². The molecular formula is C23H27N3O3. The van der Waals surface area contributed by atoms with Gasteiger partial charge in [0.1, 0.15) is 11.6 Å². The lowest BCUT2D eigenvalue weighted by atomic mass is 10.0. The lowest BCUT2D eigenvalue weighted by Gasteiger charge is -2.12. The zero-order chi connectivity index (χ0) is 21.4. The molecule has 0 bridgehead atoms. The van der Waals surface area contributed by atoms with Crippen molar-refractivity contribution in [3.8, 4) is 17.6 Å². The van der Waals surface area contributed by atoms with Gasteiger partial charge in [0.15, 0.2) is 11.5 Å². The van der Waals surface area contributed by atoms with Crippen molar-refractivity contribution >= 4 is 11.6 Å². The fraction of sp³-hybridized carbons (Fsp3) is 0.304. The number of nitrogens with zero attached hydrogens (tertiary/aromatic N) is 1. The summed E-state index contributed by atoms with van der Waals surface area (Å²) >= 11 is 0. The minimum atomic E-state index is -0.429. The third-order valence-electron chi connectivity index (χ3n) is 4.53. The Labute approximate surface area is 172 Å². The number of nitrogens with one attached hydrogen (secondary N) is 2. The van der Waals surface area contributed by atoms with Crippen molar-refractivity contribution in [3.63, 3.8) is 0 Å². The van der Waals surface area contributed by atoms with Gasteiger partial charge in [-0.1, -0.05) is 23.8 Å². The van der Waals surface area contributed by atoms with E-state index in [9.17, 15) is 10.1 Å². The minimum absolute atomic E-state index is 0.0247. The highest BCUT2D eigenvalue weighted by Crippen LogP contribution is 2.27. The highest BCUT2D eigenvalue weighted by Gasteiger charge is 2.12. The maximum absolute atomic E-state index is 12.5. The summed E-state index contributed by atoms with van der Waals surface area (Å²) < 4.78 is 10.5. The standard InChI is InChI=1S/C23H27N3O3/c1-15-10-16(2)22(17(3)11-15)26-23(27)19(13-24)14-25-9-8-18-6-7-20(28-4)21(12-18)29-5/h6-7,10-12,14,25H,8-9H2,1-5H3,(H,26,27)/b19-14-. The second kappa shape index (κ2) is 10.2. The van der Waals surface area contributed by atoms with Crippen molar-refractivity contribution < 1.29 is 14.3 Å². The molecule has 0 saturated carbocycles. The molecule has 2 N–H and O–H groups in total. The first-order chi connectivity index (χ1) is 13.9. The largest absolute Gasteiger partial charge is 0.493 e. The number of anilines is 1. The van der Waals surface area contributed by atoms with Gasteiger partial charge < -0.3 is 20.1 Å². The number of methoxy groups -OCH3 is 2. The zero-order valence-electron chi connectivity index (χ0n) is 17.6. The Morgan fingerprint density at radius 1 is 1.07 bits per heavy atom. The summed E-state index contributed by atoms with van der Waals surface area (Å²) in [5.41, 5.74) is 4.89. The molecule has 152 valence electrons. The fourth-order valence-corrected chi connectivity index (χ4v) is 3.13. The number of nitriles is 1. The van der Waals surface area contributed by atoms with E-state index in [4.69, 9.17) is 9.47 Å². The van der Waals surface area contributed by atoms with Gasteiger partial charge in [0.05, 0.1) is 14.2 Å². The normalized spacial score (nSPS) is 10.8. The Hall–Kier alpha value is -3.46. The number of hydrogen-bond acceptors (Lipinski definition) is 5. The highest BCUT2D eigenvalue weighted by atomic mass is 16.5. The van der Waals surface area contributed by atoms with Crippen LogP contribution >= 0.6 is 0 Å². The molecule has 0 radical (unpaired) electrons. The predicted molar refractivity (Wildman–Crippen MR) is 114 cm³/mol. The molecule has 0 atom stereocenters. The lowest BCUT2D eigenvalue weighted by Crippen LogP contribution is -2.19. The quantitative estimate of drug-likeness (QED) is 0.405. The Bertz CT molecular complexity index is 935. The summed E-state index contributed by atoms with van der Waals surface area (Å²) in [6.07, 6.45) is 2.16. The van der Waals surface area contributed by atoms with Crippen LogP contribution in [0.25, 0.3) is 0 Å². The van der Waals surface area contributed by atoms with E-state index < -0.39 is 5.91 Å². The SMILES string of the molecule is COc1ccc(CCN/C=C(/C#N)C(=O)Nc2c(C)cc(C)cc2C)cc1OC. The molecule has 0 unspecified atom stereocenters. The first-order valence-electron chi connectivity index (χ1n) is 9.33. The Kier molecular flexibility index (Phi) is 7.67. The first-order valence-corrected chi connectivity index (χ1v) is 9.33. The molecule has 6 heteroatoms. The predicted octanol–water partition coefficient (Wildman–Crippen LogP) is 3.81. The van der Waals surface area contributed by atoms with Gasteiger partial charge in [0.25, 0.3) is 5.91 Å². The van der Waals surface area contributed by atoms with Crippen molar-refractivity contribution in [1.29, 1.82) is 5.26 Å². The molecule has 2 aromatic carbocycles. The van der Waals surface area contributed by atoms with Crippen LogP contribution in [0.5, 0.6) is 11.5 Å². The average molecular weight is 393 g/mol. The number of aryl methyl sites for hydroxylation is 3. The summed E-state index contributed by atoms with van der Waals surface area (Å²) in [5.74, 6) is 0.914. The highest BCUT2D eigenvalue weighted by molar-refractivity contribution is 6.07. The Balaban J connectivity index is 1.98. The van der Waals surface area contributed by atoms with Crippen molar-refractivity contribution in [1.82, 2.24) is 5.32 Å². The topological polar surface area (TPSA) is 83.4 Å². The van der Waals surface area contributed by atoms with Crippen LogP contribution in [0.1, 0.15) is 22.3 Å². The summed E-state index contributed by atoms with van der Waals surface area (Å²) in [7, 11) is 3.19. The van der Waals surface area contributed by atoms with Crippen molar-refractivity contribution in [2.75, 3.05) is 26.1 Å². The molecule has 29 heavy (non-hydrogen) atoms. The van der Waals surface area contributed by atoms with Gasteiger partial charge in [0.2, 0.25) is 0 Å². The molecule has 0 aliphatic carbocycles. The van der Waals surface area contributed by atoms with Crippen LogP contribution in [0.15, 0.2) is 42.1 Å². The maximum atomic E-state index is 12.5. The molecule has 2 aromatic rings. The van der Waals surface area contributed by atoms with Crippen LogP contribution < -0.4 is 20.1 Å². The number of carbonyl (C=O) groups is 1. The molecule has 0 aliphatic rings. The minimum Gasteiger partial charge on any atom is -0.493 e. The smallest absolute Gasteiger partial charge is 0.267 e. The van der Waals surface area contributed by atoms with E-state index in [-0.39, 0.29) is 5.57 Å². The number of amides is 1. The van der Waals surface area contributed by atoms with Crippen LogP contribution in [-0.2, 0) is 11.2 Å². The maximum Gasteiger partial charge on any atom is 0.267 e. The monoisotopic (exact) mass is 393 g/mol. The molecule has 0 aromatic heterocycles. The van der Waals surface area contributed by atoms with Gasteiger partial charge in [-0.2, -0.15) is 5.26 Å². The third-order valence-corrected chi connectivity index (χ3v) is 4.53. The van der Waals surface area contributed by atoms with Crippen LogP contribution in [0.3, 0.4) is 0 Å². The number of carbonyl (C=O) groups excluding carboxylic acids is 1. The summed E-state index contributed by atoms with van der Waals surface area (Å²) in [5, 5.41) is 15.2. The first kappa shape index (κ1) is 21.8. The molecule has 0 heterocycles. The molecule has 0 spiro atoms. The van der Waals surface area contributed by atoms with Gasteiger partial charge in [-0.15, -0.1) is 0 Å². The summed E-state index contributed by atoms with van der Waals surface area (Å²) in [6.45, 7) is 6.45. The number of hydrogen-bond donors (Lipinski definition) is 2. The van der Waals surface area contributed by atoms with Crippen LogP contribution in [0, 0.1) is 32.1 Å². The van der Waals surface area contributed by atoms with E-state index in [2.05, 4.69) is 10.6 Å². The fourth-order valence-electron chi connectivity index (χ4n) is 3.13. The van der Waals surface area contributed by atoms with Gasteiger partial charge in [-0.05, 0) is 56.0 Å².